The van der Waals surface area contributed by atoms with Crippen molar-refractivity contribution in [1.82, 2.24) is 10.2 Å². The van der Waals surface area contributed by atoms with E-state index in [1.165, 1.54) is 6.07 Å². The van der Waals surface area contributed by atoms with Crippen LogP contribution in [0.5, 0.6) is 5.75 Å². The van der Waals surface area contributed by atoms with Crippen LogP contribution in [-0.2, 0) is 32.0 Å². The number of unbranched alkanes of at least 4 members (excludes halogenated alkanes) is 1. The van der Waals surface area contributed by atoms with Crippen molar-refractivity contribution in [1.29, 1.82) is 0 Å². The number of hydrogen-bond acceptors (Lipinski definition) is 8. The van der Waals surface area contributed by atoms with Gasteiger partial charge in [0.2, 0.25) is 3.79 Å². The van der Waals surface area contributed by atoms with Crippen molar-refractivity contribution in [2.45, 2.75) is 81.3 Å². The highest BCUT2D eigenvalue weighted by Crippen LogP contribution is 2.30. The number of carbonyl (C=O) groups is 4. The number of amides is 3. The van der Waals surface area contributed by atoms with E-state index in [1.807, 2.05) is 26.8 Å². The number of alkyl halides is 3. The van der Waals surface area contributed by atoms with Gasteiger partial charge in [0, 0.05) is 19.5 Å². The number of ether oxygens (including phenoxy) is 4. The second-order valence-corrected chi connectivity index (χ2v) is 15.2. The molecule has 3 N–H and O–H groups in total. The predicted octanol–water partition coefficient (Wildman–Crippen LogP) is 7.72. The molecule has 270 valence electrons. The Hall–Kier alpha value is -3.61. The minimum Gasteiger partial charge on any atom is -0.491 e. The molecular formula is C34H44Cl3N3O9. The topological polar surface area (TPSA) is 153 Å². The number of carbonyl (C=O) groups excluding carboxylic acids is 3. The number of anilines is 1. The second kappa shape index (κ2) is 19.0. The Morgan fingerprint density at radius 3 is 2.27 bits per heavy atom. The standard InChI is InChI=1S/C34H44Cl3N3O9/c1-33(2,3)49-32(45)40-16-14-23(15-17-40)9-7-8-18-46-28-13-12-25(19-26(28)38-31(44)48-22-34(35,36)37)20-27(29(41)42)39-30(43)47-21-24-10-5-4-6-11-24/h4-6,10-13,19,23,27H,7-9,14-18,20-22H2,1-3H3,(H,38,44)(H,39,43)(H,41,42)/t27-/m0/s1. The summed E-state index contributed by atoms with van der Waals surface area (Å²) < 4.78 is 19.8. The zero-order valence-corrected chi connectivity index (χ0v) is 30.1. The summed E-state index contributed by atoms with van der Waals surface area (Å²) in [5.74, 6) is -0.458. The van der Waals surface area contributed by atoms with Crippen molar-refractivity contribution in [2.24, 2.45) is 5.92 Å². The van der Waals surface area contributed by atoms with Crippen LogP contribution < -0.4 is 15.4 Å². The summed E-state index contributed by atoms with van der Waals surface area (Å²) in [5.41, 5.74) is 0.901. The molecule has 1 atom stereocenters. The van der Waals surface area contributed by atoms with E-state index in [1.54, 1.807) is 41.3 Å². The Morgan fingerprint density at radius 1 is 0.939 bits per heavy atom. The maximum atomic E-state index is 12.5. The molecule has 0 saturated carbocycles. The molecule has 3 amide bonds. The molecule has 0 spiro atoms. The van der Waals surface area contributed by atoms with Gasteiger partial charge in [-0.1, -0.05) is 77.6 Å². The van der Waals surface area contributed by atoms with Crippen LogP contribution in [0, 0.1) is 5.92 Å². The minimum absolute atomic E-state index is 0.0250. The largest absolute Gasteiger partial charge is 0.491 e. The van der Waals surface area contributed by atoms with Gasteiger partial charge < -0.3 is 34.3 Å². The molecular weight excluding hydrogens is 701 g/mol. The second-order valence-electron chi connectivity index (χ2n) is 12.7. The molecule has 2 aromatic carbocycles. The van der Waals surface area contributed by atoms with Crippen molar-refractivity contribution >= 4 is 64.7 Å². The van der Waals surface area contributed by atoms with E-state index in [4.69, 9.17) is 53.8 Å². The summed E-state index contributed by atoms with van der Waals surface area (Å²) in [6, 6.07) is 12.4. The molecule has 3 rings (SSSR count). The summed E-state index contributed by atoms with van der Waals surface area (Å²) in [5, 5.41) is 14.7. The fourth-order valence-corrected chi connectivity index (χ4v) is 5.18. The molecule has 15 heteroatoms. The molecule has 1 heterocycles. The highest BCUT2D eigenvalue weighted by Gasteiger charge is 2.27. The first-order chi connectivity index (χ1) is 23.1. The summed E-state index contributed by atoms with van der Waals surface area (Å²) in [4.78, 5) is 50.9. The third-order valence-corrected chi connectivity index (χ3v) is 7.75. The van der Waals surface area contributed by atoms with Gasteiger partial charge >= 0.3 is 24.2 Å². The zero-order chi connectivity index (χ0) is 36.0. The molecule has 2 aromatic rings. The van der Waals surface area contributed by atoms with Gasteiger partial charge in [-0.05, 0) is 75.6 Å². The van der Waals surface area contributed by atoms with Crippen molar-refractivity contribution in [3.63, 3.8) is 0 Å². The molecule has 49 heavy (non-hydrogen) atoms. The van der Waals surface area contributed by atoms with Gasteiger partial charge in [-0.15, -0.1) is 0 Å². The summed E-state index contributed by atoms with van der Waals surface area (Å²) in [6.07, 6.45) is 2.23. The van der Waals surface area contributed by atoms with Gasteiger partial charge in [-0.2, -0.15) is 0 Å². The van der Waals surface area contributed by atoms with Crippen LogP contribution in [0.2, 0.25) is 0 Å². The summed E-state index contributed by atoms with van der Waals surface area (Å²) in [7, 11) is 0. The van der Waals surface area contributed by atoms with E-state index in [0.29, 0.717) is 36.9 Å². The predicted molar refractivity (Wildman–Crippen MR) is 186 cm³/mol. The number of nitrogens with one attached hydrogen (secondary N) is 2. The van der Waals surface area contributed by atoms with Crippen molar-refractivity contribution in [3.05, 3.63) is 59.7 Å². The fourth-order valence-electron chi connectivity index (χ4n) is 5.01. The lowest BCUT2D eigenvalue weighted by Gasteiger charge is -2.33. The number of rotatable bonds is 14. The van der Waals surface area contributed by atoms with Gasteiger partial charge in [-0.3, -0.25) is 5.32 Å². The molecule has 1 saturated heterocycles. The third kappa shape index (κ3) is 15.7. The van der Waals surface area contributed by atoms with Gasteiger partial charge in [0.15, 0.2) is 0 Å². The van der Waals surface area contributed by atoms with Crippen LogP contribution in [0.25, 0.3) is 0 Å². The number of alkyl carbamates (subject to hydrolysis) is 1. The van der Waals surface area contributed by atoms with E-state index in [-0.39, 0.29) is 24.8 Å². The summed E-state index contributed by atoms with van der Waals surface area (Å²) in [6.45, 7) is 6.71. The van der Waals surface area contributed by atoms with Crippen LogP contribution in [0.4, 0.5) is 20.1 Å². The lowest BCUT2D eigenvalue weighted by Crippen LogP contribution is -2.42. The first-order valence-corrected chi connectivity index (χ1v) is 17.2. The number of halogens is 3. The maximum absolute atomic E-state index is 12.5. The smallest absolute Gasteiger partial charge is 0.411 e. The quantitative estimate of drug-likeness (QED) is 0.100. The van der Waals surface area contributed by atoms with E-state index in [2.05, 4.69) is 10.6 Å². The molecule has 0 unspecified atom stereocenters. The number of carboxylic acids is 1. The first kappa shape index (κ1) is 39.8. The van der Waals surface area contributed by atoms with Crippen molar-refractivity contribution < 1.29 is 43.2 Å². The Labute approximate surface area is 301 Å². The monoisotopic (exact) mass is 743 g/mol. The maximum Gasteiger partial charge on any atom is 0.411 e. The lowest BCUT2D eigenvalue weighted by molar-refractivity contribution is -0.139. The van der Waals surface area contributed by atoms with Gasteiger partial charge in [0.05, 0.1) is 12.3 Å². The van der Waals surface area contributed by atoms with Gasteiger partial charge in [0.1, 0.15) is 30.6 Å². The molecule has 1 aliphatic rings. The van der Waals surface area contributed by atoms with E-state index in [9.17, 15) is 24.3 Å². The Morgan fingerprint density at radius 2 is 1.63 bits per heavy atom. The fraction of sp³-hybridized carbons (Fsp3) is 0.529. The Bertz CT molecular complexity index is 1390. The molecule has 0 bridgehead atoms. The van der Waals surface area contributed by atoms with E-state index in [0.717, 1.165) is 37.7 Å². The molecule has 0 radical (unpaired) electrons. The average Bonchev–Trinajstić information content (AvgIpc) is 3.03. The van der Waals surface area contributed by atoms with Crippen LogP contribution in [-0.4, -0.2) is 76.0 Å². The molecule has 0 aromatic heterocycles. The number of benzene rings is 2. The van der Waals surface area contributed by atoms with Crippen LogP contribution >= 0.6 is 34.8 Å². The van der Waals surface area contributed by atoms with E-state index < -0.39 is 40.2 Å². The van der Waals surface area contributed by atoms with Crippen molar-refractivity contribution in [3.8, 4) is 5.75 Å². The number of nitrogens with zero attached hydrogens (tertiary/aromatic N) is 1. The van der Waals surface area contributed by atoms with Crippen molar-refractivity contribution in [2.75, 3.05) is 31.6 Å². The Balaban J connectivity index is 1.55. The highest BCUT2D eigenvalue weighted by molar-refractivity contribution is 6.67. The normalized spacial score (nSPS) is 14.4. The first-order valence-electron chi connectivity index (χ1n) is 16.0. The molecule has 0 aliphatic carbocycles. The molecule has 12 nitrogen and oxygen atoms in total. The SMILES string of the molecule is CC(C)(C)OC(=O)N1CCC(CCCCOc2ccc(C[C@H](NC(=O)OCc3ccccc3)C(=O)O)cc2NC(=O)OCC(Cl)(Cl)Cl)CC1. The van der Waals surface area contributed by atoms with Crippen LogP contribution in [0.1, 0.15) is 64.0 Å². The number of carboxylic acid groups (broad SMARTS) is 1. The summed E-state index contributed by atoms with van der Waals surface area (Å²) >= 11 is 17.1. The number of hydrogen-bond donors (Lipinski definition) is 3. The number of piperidine rings is 1. The molecule has 1 aliphatic heterocycles. The average molecular weight is 745 g/mol. The highest BCUT2D eigenvalue weighted by atomic mass is 35.6. The van der Waals surface area contributed by atoms with Gasteiger partial charge in [0.25, 0.3) is 0 Å². The van der Waals surface area contributed by atoms with Crippen LogP contribution in [0.15, 0.2) is 48.5 Å². The number of aliphatic carboxylic acids is 1. The molecule has 1 fully saturated rings. The van der Waals surface area contributed by atoms with E-state index >= 15 is 0 Å². The minimum atomic E-state index is -1.82. The number of likely N-dealkylation sites (tertiary alicyclic amines) is 1. The third-order valence-electron chi connectivity index (χ3n) is 7.42. The lowest BCUT2D eigenvalue weighted by atomic mass is 9.92. The zero-order valence-electron chi connectivity index (χ0n) is 27.8. The van der Waals surface area contributed by atoms with Crippen LogP contribution in [0.3, 0.4) is 0 Å². The van der Waals surface area contributed by atoms with Gasteiger partial charge in [-0.25, -0.2) is 19.2 Å². The Kier molecular flexibility index (Phi) is 15.4.